The van der Waals surface area contributed by atoms with Gasteiger partial charge >= 0.3 is 5.97 Å². The summed E-state index contributed by atoms with van der Waals surface area (Å²) >= 11 is 0. The normalized spacial score (nSPS) is 20.3. The van der Waals surface area contributed by atoms with E-state index < -0.39 is 0 Å². The molecule has 0 saturated heterocycles. The van der Waals surface area contributed by atoms with Crippen LogP contribution in [0.1, 0.15) is 52.0 Å². The molecular weight excluding hydrogens is 338 g/mol. The van der Waals surface area contributed by atoms with Crippen LogP contribution in [0.4, 0.5) is 0 Å². The third kappa shape index (κ3) is 6.58. The van der Waals surface area contributed by atoms with Crippen molar-refractivity contribution in [2.24, 2.45) is 17.6 Å². The molecule has 0 bridgehead atoms. The molecule has 5 nitrogen and oxygen atoms in total. The Kier molecular flexibility index (Phi) is 7.74. The summed E-state index contributed by atoms with van der Waals surface area (Å²) in [5.74, 6) is 0.949. The van der Waals surface area contributed by atoms with Gasteiger partial charge in [-0.2, -0.15) is 0 Å². The molecule has 0 aliphatic heterocycles. The van der Waals surface area contributed by atoms with Crippen molar-refractivity contribution in [1.82, 2.24) is 5.32 Å². The van der Waals surface area contributed by atoms with Crippen molar-refractivity contribution in [3.63, 3.8) is 0 Å². The maximum atomic E-state index is 12.3. The number of halogens is 1. The van der Waals surface area contributed by atoms with Crippen LogP contribution in [0.15, 0.2) is 24.3 Å². The van der Waals surface area contributed by atoms with Crippen LogP contribution in [0.25, 0.3) is 0 Å². The second-order valence-electron chi connectivity index (χ2n) is 7.71. The number of rotatable bonds is 4. The summed E-state index contributed by atoms with van der Waals surface area (Å²) in [5, 5.41) is 10.1. The summed E-state index contributed by atoms with van der Waals surface area (Å²) < 4.78 is 5.55. The molecule has 0 atom stereocenters. The van der Waals surface area contributed by atoms with E-state index >= 15 is 0 Å². The number of hydrogen-bond acceptors (Lipinski definition) is 3. The van der Waals surface area contributed by atoms with E-state index in [1.165, 1.54) is 5.56 Å². The number of carbonyl (C=O) groups excluding carboxylic acids is 1. The van der Waals surface area contributed by atoms with Crippen LogP contribution >= 0.6 is 12.4 Å². The lowest BCUT2D eigenvalue weighted by molar-refractivity contribution is -0.140. The number of hydrogen-bond donors (Lipinski definition) is 3. The van der Waals surface area contributed by atoms with Gasteiger partial charge in [-0.25, -0.2) is 0 Å². The highest BCUT2D eigenvalue weighted by Crippen LogP contribution is 2.30. The summed E-state index contributed by atoms with van der Waals surface area (Å²) in [6.45, 7) is 7.19. The molecule has 4 N–H and O–H groups in total. The molecular formula is C19H30ClN3O2. The average Bonchev–Trinajstić information content (AvgIpc) is 2.53. The number of esters is 1. The lowest BCUT2D eigenvalue weighted by Gasteiger charge is -2.27. The molecule has 1 aromatic rings. The van der Waals surface area contributed by atoms with Gasteiger partial charge in [-0.05, 0) is 54.7 Å². The first-order chi connectivity index (χ1) is 11.3. The highest BCUT2D eigenvalue weighted by Gasteiger charge is 2.27. The van der Waals surface area contributed by atoms with Gasteiger partial charge in [-0.1, -0.05) is 32.9 Å². The summed E-state index contributed by atoms with van der Waals surface area (Å²) in [4.78, 5) is 12.3. The molecule has 140 valence electrons. The van der Waals surface area contributed by atoms with Crippen LogP contribution in [-0.2, 0) is 10.2 Å². The van der Waals surface area contributed by atoms with E-state index in [-0.39, 0.29) is 35.7 Å². The molecule has 0 aromatic heterocycles. The predicted molar refractivity (Wildman–Crippen MR) is 103 cm³/mol. The molecule has 0 radical (unpaired) electrons. The Morgan fingerprint density at radius 3 is 2.24 bits per heavy atom. The zero-order valence-electron chi connectivity index (χ0n) is 15.3. The minimum atomic E-state index is -0.128. The minimum Gasteiger partial charge on any atom is -0.426 e. The molecule has 0 spiro atoms. The van der Waals surface area contributed by atoms with Crippen LogP contribution in [0.3, 0.4) is 0 Å². The first-order valence-corrected chi connectivity index (χ1v) is 8.66. The third-order valence-electron chi connectivity index (χ3n) is 4.70. The number of benzene rings is 1. The van der Waals surface area contributed by atoms with Crippen LogP contribution < -0.4 is 15.8 Å². The molecule has 25 heavy (non-hydrogen) atoms. The van der Waals surface area contributed by atoms with E-state index in [2.05, 4.69) is 26.1 Å². The number of nitrogens with one attached hydrogen (secondary N) is 2. The molecule has 0 amide bonds. The quantitative estimate of drug-likeness (QED) is 0.328. The van der Waals surface area contributed by atoms with E-state index in [1.807, 2.05) is 24.3 Å². The van der Waals surface area contributed by atoms with Crippen molar-refractivity contribution in [2.45, 2.75) is 51.9 Å². The molecule has 1 saturated carbocycles. The Labute approximate surface area is 156 Å². The van der Waals surface area contributed by atoms with Crippen molar-refractivity contribution in [3.05, 3.63) is 29.8 Å². The van der Waals surface area contributed by atoms with E-state index in [1.54, 1.807) is 0 Å². The third-order valence-corrected chi connectivity index (χ3v) is 4.70. The lowest BCUT2D eigenvalue weighted by Crippen LogP contribution is -2.36. The van der Waals surface area contributed by atoms with Crippen molar-refractivity contribution < 1.29 is 9.53 Å². The Balaban J connectivity index is 0.00000312. The maximum Gasteiger partial charge on any atom is 0.314 e. The van der Waals surface area contributed by atoms with Gasteiger partial charge in [0.1, 0.15) is 5.75 Å². The van der Waals surface area contributed by atoms with E-state index in [4.69, 9.17) is 15.9 Å². The summed E-state index contributed by atoms with van der Waals surface area (Å²) in [5.41, 5.74) is 6.62. The highest BCUT2D eigenvalue weighted by atomic mass is 35.5. The monoisotopic (exact) mass is 367 g/mol. The SMILES string of the molecule is CC(C)(C)c1ccc(OC(=O)[C@H]2CC[C@H](CNC(=N)N)CC2)cc1.Cl. The second kappa shape index (κ2) is 9.09. The Bertz CT molecular complexity index is 573. The van der Waals surface area contributed by atoms with Gasteiger partial charge in [0.15, 0.2) is 5.96 Å². The number of nitrogens with two attached hydrogens (primary N) is 1. The molecule has 1 aliphatic rings. The predicted octanol–water partition coefficient (Wildman–Crippen LogP) is 3.60. The number of guanidine groups is 1. The fourth-order valence-electron chi connectivity index (χ4n) is 3.08. The molecule has 0 heterocycles. The highest BCUT2D eigenvalue weighted by molar-refractivity contribution is 5.85. The standard InChI is InChI=1S/C19H29N3O2.ClH/c1-19(2,3)15-8-10-16(11-9-15)24-17(23)14-6-4-13(5-7-14)12-22-18(20)21;/h8-11,13-14H,4-7,12H2,1-3H3,(H4,20,21,22);1H/t13-,14-;. The Morgan fingerprint density at radius 1 is 1.20 bits per heavy atom. The first kappa shape index (κ1) is 21.3. The number of carbonyl (C=O) groups is 1. The Hall–Kier alpha value is -1.75. The van der Waals surface area contributed by atoms with Crippen LogP contribution in [0.5, 0.6) is 5.75 Å². The minimum absolute atomic E-state index is 0. The maximum absolute atomic E-state index is 12.3. The van der Waals surface area contributed by atoms with E-state index in [0.717, 1.165) is 25.7 Å². The van der Waals surface area contributed by atoms with Crippen molar-refractivity contribution in [3.8, 4) is 5.75 Å². The zero-order chi connectivity index (χ0) is 17.7. The molecule has 1 aliphatic carbocycles. The van der Waals surface area contributed by atoms with Gasteiger partial charge in [0.2, 0.25) is 0 Å². The van der Waals surface area contributed by atoms with Gasteiger partial charge in [0, 0.05) is 6.54 Å². The number of ether oxygens (including phenoxy) is 1. The second-order valence-corrected chi connectivity index (χ2v) is 7.71. The topological polar surface area (TPSA) is 88.2 Å². The van der Waals surface area contributed by atoms with Crippen LogP contribution in [-0.4, -0.2) is 18.5 Å². The fourth-order valence-corrected chi connectivity index (χ4v) is 3.08. The van der Waals surface area contributed by atoms with Gasteiger partial charge in [0.25, 0.3) is 0 Å². The molecule has 0 unspecified atom stereocenters. The van der Waals surface area contributed by atoms with Crippen LogP contribution in [0, 0.1) is 17.2 Å². The molecule has 1 fully saturated rings. The summed E-state index contributed by atoms with van der Waals surface area (Å²) in [6.07, 6.45) is 3.60. The lowest BCUT2D eigenvalue weighted by atomic mass is 9.82. The average molecular weight is 368 g/mol. The fraction of sp³-hybridized carbons (Fsp3) is 0.579. The zero-order valence-corrected chi connectivity index (χ0v) is 16.1. The largest absolute Gasteiger partial charge is 0.426 e. The molecule has 6 heteroatoms. The molecule has 1 aromatic carbocycles. The van der Waals surface area contributed by atoms with Gasteiger partial charge in [0.05, 0.1) is 5.92 Å². The van der Waals surface area contributed by atoms with E-state index in [0.29, 0.717) is 18.2 Å². The van der Waals surface area contributed by atoms with Gasteiger partial charge < -0.3 is 15.8 Å². The van der Waals surface area contributed by atoms with Gasteiger partial charge in [-0.15, -0.1) is 12.4 Å². The Morgan fingerprint density at radius 2 is 1.76 bits per heavy atom. The molecule has 2 rings (SSSR count). The first-order valence-electron chi connectivity index (χ1n) is 8.66. The van der Waals surface area contributed by atoms with Crippen molar-refractivity contribution in [1.29, 1.82) is 5.41 Å². The van der Waals surface area contributed by atoms with Crippen molar-refractivity contribution in [2.75, 3.05) is 6.54 Å². The summed E-state index contributed by atoms with van der Waals surface area (Å²) in [7, 11) is 0. The van der Waals surface area contributed by atoms with E-state index in [9.17, 15) is 4.79 Å². The van der Waals surface area contributed by atoms with Crippen LogP contribution in [0.2, 0.25) is 0 Å². The smallest absolute Gasteiger partial charge is 0.314 e. The van der Waals surface area contributed by atoms with Crippen molar-refractivity contribution >= 4 is 24.3 Å². The van der Waals surface area contributed by atoms with Gasteiger partial charge in [-0.3, -0.25) is 10.2 Å². The summed E-state index contributed by atoms with van der Waals surface area (Å²) in [6, 6.07) is 7.79.